The summed E-state index contributed by atoms with van der Waals surface area (Å²) < 4.78 is 1.62. The van der Waals surface area contributed by atoms with E-state index in [0.717, 1.165) is 46.5 Å². The number of nitrogens with zero attached hydrogens (tertiary/aromatic N) is 2. The Labute approximate surface area is 201 Å². The number of aromatic nitrogens is 2. The molecule has 0 saturated carbocycles. The van der Waals surface area contributed by atoms with Crippen LogP contribution in [0.4, 0.5) is 5.95 Å². The molecule has 4 N–H and O–H groups in total. The van der Waals surface area contributed by atoms with Crippen LogP contribution >= 0.6 is 23.6 Å². The molecule has 33 heavy (non-hydrogen) atoms. The maximum absolute atomic E-state index is 13.7. The van der Waals surface area contributed by atoms with Crippen molar-refractivity contribution in [3.8, 4) is 5.69 Å². The number of hydrogen-bond donors (Lipinski definition) is 4. The van der Waals surface area contributed by atoms with E-state index < -0.39 is 0 Å². The Kier molecular flexibility index (Phi) is 6.08. The number of anilines is 1. The zero-order valence-corrected chi connectivity index (χ0v) is 19.9. The van der Waals surface area contributed by atoms with E-state index in [1.165, 1.54) is 9.78 Å². The molecule has 5 rings (SSSR count). The molecule has 3 heterocycles. The second kappa shape index (κ2) is 9.30. The highest BCUT2D eigenvalue weighted by Crippen LogP contribution is 2.30. The first kappa shape index (κ1) is 21.6. The van der Waals surface area contributed by atoms with Crippen LogP contribution in [0.5, 0.6) is 0 Å². The van der Waals surface area contributed by atoms with Crippen molar-refractivity contribution >= 4 is 44.8 Å². The number of quaternary nitrogens is 1. The lowest BCUT2D eigenvalue weighted by atomic mass is 10.1. The number of likely N-dealkylation sites (N-methyl/N-ethyl adjacent to an activating group) is 1. The zero-order chi connectivity index (χ0) is 22.8. The van der Waals surface area contributed by atoms with E-state index in [9.17, 15) is 4.79 Å². The number of hydrazine groups is 1. The number of rotatable bonds is 5. The molecule has 0 fully saturated rings. The summed E-state index contributed by atoms with van der Waals surface area (Å²) in [6, 6.07) is 19.6. The highest BCUT2D eigenvalue weighted by molar-refractivity contribution is 7.80. The average molecular weight is 478 g/mol. The molecule has 7 nitrogen and oxygen atoms in total. The molecule has 0 amide bonds. The molecular weight excluding hydrogens is 452 g/mol. The third-order valence-electron chi connectivity index (χ3n) is 5.77. The highest BCUT2D eigenvalue weighted by Gasteiger charge is 2.26. The summed E-state index contributed by atoms with van der Waals surface area (Å²) in [4.78, 5) is 22.0. The predicted octanol–water partition coefficient (Wildman–Crippen LogP) is 2.01. The van der Waals surface area contributed by atoms with E-state index in [4.69, 9.17) is 17.2 Å². The van der Waals surface area contributed by atoms with Gasteiger partial charge in [0.2, 0.25) is 5.95 Å². The summed E-state index contributed by atoms with van der Waals surface area (Å²) in [5.41, 5.74) is 9.03. The molecule has 2 aromatic heterocycles. The molecule has 0 radical (unpaired) electrons. The van der Waals surface area contributed by atoms with Crippen molar-refractivity contribution < 1.29 is 4.90 Å². The van der Waals surface area contributed by atoms with Crippen LogP contribution < -0.4 is 26.6 Å². The van der Waals surface area contributed by atoms with Gasteiger partial charge in [-0.05, 0) is 35.5 Å². The first-order chi connectivity index (χ1) is 16.1. The summed E-state index contributed by atoms with van der Waals surface area (Å²) in [5, 5.41) is 4.32. The normalized spacial score (nSPS) is 15.1. The van der Waals surface area contributed by atoms with E-state index >= 15 is 0 Å². The van der Waals surface area contributed by atoms with Crippen LogP contribution in [0, 0.1) is 0 Å². The van der Waals surface area contributed by atoms with Gasteiger partial charge in [-0.3, -0.25) is 15.6 Å². The number of hydrogen-bond acceptors (Lipinski definition) is 5. The summed E-state index contributed by atoms with van der Waals surface area (Å²) in [6.07, 6.45) is 0.894. The highest BCUT2D eigenvalue weighted by atomic mass is 32.1. The van der Waals surface area contributed by atoms with Crippen molar-refractivity contribution in [2.24, 2.45) is 0 Å². The van der Waals surface area contributed by atoms with E-state index in [2.05, 4.69) is 23.2 Å². The minimum atomic E-state index is -0.0595. The van der Waals surface area contributed by atoms with Crippen LogP contribution in [0.1, 0.15) is 16.0 Å². The molecule has 0 spiro atoms. The van der Waals surface area contributed by atoms with Gasteiger partial charge >= 0.3 is 0 Å². The first-order valence-electron chi connectivity index (χ1n) is 10.9. The van der Waals surface area contributed by atoms with Gasteiger partial charge in [0.05, 0.1) is 29.5 Å². The third-order valence-corrected chi connectivity index (χ3v) is 7.14. The van der Waals surface area contributed by atoms with Crippen molar-refractivity contribution in [3.63, 3.8) is 0 Å². The number of thiophene rings is 1. The van der Waals surface area contributed by atoms with Crippen LogP contribution in [0.2, 0.25) is 0 Å². The SMILES string of the molecule is C[NH+]1CCc2c(sc3nc(NNC(=S)NCc4ccccc4)n(-c4ccccc4)c(=O)c23)C1. The lowest BCUT2D eigenvalue weighted by molar-refractivity contribution is -0.895. The molecule has 9 heteroatoms. The summed E-state index contributed by atoms with van der Waals surface area (Å²) in [6.45, 7) is 2.54. The summed E-state index contributed by atoms with van der Waals surface area (Å²) in [7, 11) is 2.18. The third kappa shape index (κ3) is 4.47. The van der Waals surface area contributed by atoms with Gasteiger partial charge in [0.25, 0.3) is 5.56 Å². The summed E-state index contributed by atoms with van der Waals surface area (Å²) in [5.74, 6) is 0.404. The van der Waals surface area contributed by atoms with Crippen LogP contribution in [-0.4, -0.2) is 28.3 Å². The number of benzene rings is 2. The van der Waals surface area contributed by atoms with Gasteiger partial charge in [0.1, 0.15) is 11.4 Å². The number of fused-ring (bicyclic) bond motifs is 3. The number of thiocarbonyl (C=S) groups is 1. The Morgan fingerprint density at radius 2 is 1.88 bits per heavy atom. The number of para-hydroxylation sites is 1. The van der Waals surface area contributed by atoms with Gasteiger partial charge in [-0.1, -0.05) is 48.5 Å². The minimum absolute atomic E-state index is 0.0595. The van der Waals surface area contributed by atoms with Gasteiger partial charge in [0.15, 0.2) is 5.11 Å². The topological polar surface area (TPSA) is 75.4 Å². The van der Waals surface area contributed by atoms with Gasteiger partial charge in [-0.2, -0.15) is 0 Å². The molecule has 4 aromatic rings. The Hall–Kier alpha value is -3.27. The molecule has 0 saturated heterocycles. The van der Waals surface area contributed by atoms with Crippen LogP contribution in [0.3, 0.4) is 0 Å². The van der Waals surface area contributed by atoms with Gasteiger partial charge in [-0.25, -0.2) is 9.55 Å². The molecule has 0 aliphatic carbocycles. The lowest BCUT2D eigenvalue weighted by Gasteiger charge is -2.19. The monoisotopic (exact) mass is 477 g/mol. The van der Waals surface area contributed by atoms with E-state index in [-0.39, 0.29) is 5.56 Å². The fraction of sp³-hybridized carbons (Fsp3) is 0.208. The smallest absolute Gasteiger partial charge is 0.268 e. The molecule has 168 valence electrons. The van der Waals surface area contributed by atoms with Crippen LogP contribution in [0.25, 0.3) is 15.9 Å². The van der Waals surface area contributed by atoms with Crippen molar-refractivity contribution in [3.05, 3.63) is 87.0 Å². The maximum Gasteiger partial charge on any atom is 0.268 e. The summed E-state index contributed by atoms with van der Waals surface area (Å²) >= 11 is 7.04. The Morgan fingerprint density at radius 1 is 1.15 bits per heavy atom. The van der Waals surface area contributed by atoms with Crippen LogP contribution in [-0.2, 0) is 19.5 Å². The number of nitrogens with one attached hydrogen (secondary N) is 4. The van der Waals surface area contributed by atoms with E-state index in [1.807, 2.05) is 60.7 Å². The fourth-order valence-electron chi connectivity index (χ4n) is 4.09. The van der Waals surface area contributed by atoms with Gasteiger partial charge < -0.3 is 10.2 Å². The van der Waals surface area contributed by atoms with Gasteiger partial charge in [0, 0.05) is 13.0 Å². The van der Waals surface area contributed by atoms with Crippen molar-refractivity contribution in [2.75, 3.05) is 19.0 Å². The average Bonchev–Trinajstić information content (AvgIpc) is 3.20. The fourth-order valence-corrected chi connectivity index (χ4v) is 5.54. The van der Waals surface area contributed by atoms with Gasteiger partial charge in [-0.15, -0.1) is 11.3 Å². The second-order valence-electron chi connectivity index (χ2n) is 8.15. The largest absolute Gasteiger partial charge is 0.357 e. The second-order valence-corrected chi connectivity index (χ2v) is 9.64. The molecule has 1 unspecified atom stereocenters. The molecule has 1 aliphatic heterocycles. The molecular formula is C24H25N6OS2+. The molecule has 1 atom stereocenters. The van der Waals surface area contributed by atoms with E-state index in [1.54, 1.807) is 15.9 Å². The Morgan fingerprint density at radius 3 is 2.64 bits per heavy atom. The van der Waals surface area contributed by atoms with Crippen molar-refractivity contribution in [2.45, 2.75) is 19.5 Å². The predicted molar refractivity (Wildman–Crippen MR) is 137 cm³/mol. The molecule has 1 aliphatic rings. The lowest BCUT2D eigenvalue weighted by Crippen LogP contribution is -3.08. The molecule has 0 bridgehead atoms. The first-order valence-corrected chi connectivity index (χ1v) is 12.1. The van der Waals surface area contributed by atoms with Crippen LogP contribution in [0.15, 0.2) is 65.5 Å². The van der Waals surface area contributed by atoms with Crippen molar-refractivity contribution in [1.82, 2.24) is 20.3 Å². The van der Waals surface area contributed by atoms with E-state index in [0.29, 0.717) is 17.6 Å². The minimum Gasteiger partial charge on any atom is -0.357 e. The standard InChI is InChI=1S/C24H24N6OS2/c1-29-13-12-18-19(15-29)33-21-20(18)22(31)30(17-10-6-3-7-11-17)23(26-21)27-28-24(32)25-14-16-8-4-2-5-9-16/h2-11H,12-15H2,1H3,(H,26,27)(H2,25,28,32)/p+1. The Balaban J connectivity index is 1.47. The Bertz CT molecular complexity index is 1350. The quantitative estimate of drug-likeness (QED) is 0.260. The molecule has 2 aromatic carbocycles. The zero-order valence-electron chi connectivity index (χ0n) is 18.2. The van der Waals surface area contributed by atoms with Crippen molar-refractivity contribution in [1.29, 1.82) is 0 Å². The maximum atomic E-state index is 13.7.